The lowest BCUT2D eigenvalue weighted by molar-refractivity contribution is -0.142. The minimum absolute atomic E-state index is 0.0275. The van der Waals surface area contributed by atoms with Gasteiger partial charge >= 0.3 is 0 Å². The van der Waals surface area contributed by atoms with Crippen molar-refractivity contribution in [1.82, 2.24) is 14.4 Å². The van der Waals surface area contributed by atoms with Gasteiger partial charge in [-0.2, -0.15) is 0 Å². The first kappa shape index (κ1) is 20.5. The Morgan fingerprint density at radius 1 is 1.29 bits per heavy atom. The van der Waals surface area contributed by atoms with Crippen LogP contribution in [0.4, 0.5) is 0 Å². The monoisotopic (exact) mass is 405 g/mol. The van der Waals surface area contributed by atoms with Crippen LogP contribution >= 0.6 is 0 Å². The van der Waals surface area contributed by atoms with Crippen LogP contribution < -0.4 is 0 Å². The van der Waals surface area contributed by atoms with Crippen LogP contribution in [0.5, 0.6) is 0 Å². The third kappa shape index (κ3) is 4.12. The lowest BCUT2D eigenvalue weighted by Crippen LogP contribution is -2.54. The average Bonchev–Trinajstić information content (AvgIpc) is 3.16. The third-order valence-electron chi connectivity index (χ3n) is 5.30. The molecular formula is C20H27N3O4S. The van der Waals surface area contributed by atoms with Crippen LogP contribution in [0.1, 0.15) is 25.5 Å². The first-order chi connectivity index (χ1) is 13.3. The lowest BCUT2D eigenvalue weighted by atomic mass is 9.75. The normalized spacial score (nSPS) is 20.8. The third-order valence-corrected chi connectivity index (χ3v) is 7.13. The number of rotatable bonds is 6. The molecule has 1 unspecified atom stereocenters. The maximum absolute atomic E-state index is 13.1. The van der Waals surface area contributed by atoms with E-state index in [0.717, 1.165) is 5.56 Å². The minimum atomic E-state index is -3.37. The highest BCUT2D eigenvalue weighted by Gasteiger charge is 2.46. The number of carbonyl (C=O) groups is 1. The summed E-state index contributed by atoms with van der Waals surface area (Å²) in [6.45, 7) is 2.24. The van der Waals surface area contributed by atoms with E-state index in [2.05, 4.69) is 5.16 Å². The Morgan fingerprint density at radius 2 is 2.00 bits per heavy atom. The van der Waals surface area contributed by atoms with E-state index in [4.69, 9.17) is 4.52 Å². The van der Waals surface area contributed by atoms with E-state index in [-0.39, 0.29) is 18.2 Å². The maximum Gasteiger partial charge on any atom is 0.230 e. The van der Waals surface area contributed by atoms with Gasteiger partial charge in [-0.3, -0.25) is 4.79 Å². The molecule has 1 atom stereocenters. The Labute approximate surface area is 166 Å². The summed E-state index contributed by atoms with van der Waals surface area (Å²) in [6, 6.07) is 11.5. The van der Waals surface area contributed by atoms with Gasteiger partial charge in [0.1, 0.15) is 11.5 Å². The number of nitrogens with zero attached hydrogens (tertiary/aromatic N) is 3. The second-order valence-electron chi connectivity index (χ2n) is 7.54. The van der Waals surface area contributed by atoms with E-state index >= 15 is 0 Å². The fraction of sp³-hybridized carbons (Fsp3) is 0.500. The highest BCUT2D eigenvalue weighted by atomic mass is 32.2. The number of hydrogen-bond acceptors (Lipinski definition) is 5. The molecule has 2 aromatic rings. The van der Waals surface area contributed by atoms with E-state index in [1.165, 1.54) is 9.21 Å². The summed E-state index contributed by atoms with van der Waals surface area (Å²) in [5.74, 6) is 0.533. The predicted octanol–water partition coefficient (Wildman–Crippen LogP) is 2.40. The van der Waals surface area contributed by atoms with E-state index in [1.54, 1.807) is 21.0 Å². The van der Waals surface area contributed by atoms with Gasteiger partial charge in [0.25, 0.3) is 0 Å². The number of aromatic nitrogens is 1. The Bertz CT molecular complexity index is 924. The van der Waals surface area contributed by atoms with Crippen molar-refractivity contribution < 1.29 is 17.7 Å². The summed E-state index contributed by atoms with van der Waals surface area (Å²) >= 11 is 0. The average molecular weight is 406 g/mol. The summed E-state index contributed by atoms with van der Waals surface area (Å²) in [7, 11) is 0.0378. The molecule has 7 nitrogen and oxygen atoms in total. The quantitative estimate of drug-likeness (QED) is 0.737. The summed E-state index contributed by atoms with van der Waals surface area (Å²) in [4.78, 5) is 14.6. The molecule has 0 spiro atoms. The van der Waals surface area contributed by atoms with Gasteiger partial charge < -0.3 is 9.42 Å². The Balaban J connectivity index is 1.91. The van der Waals surface area contributed by atoms with Crippen LogP contribution in [0.15, 0.2) is 40.9 Å². The van der Waals surface area contributed by atoms with Crippen molar-refractivity contribution in [3.63, 3.8) is 0 Å². The second kappa shape index (κ2) is 8.05. The van der Waals surface area contributed by atoms with Gasteiger partial charge in [-0.05, 0) is 19.8 Å². The summed E-state index contributed by atoms with van der Waals surface area (Å²) in [5, 5.41) is 4.14. The topological polar surface area (TPSA) is 83.7 Å². The molecule has 1 aliphatic heterocycles. The highest BCUT2D eigenvalue weighted by molar-refractivity contribution is 7.89. The van der Waals surface area contributed by atoms with Crippen LogP contribution in [0, 0.1) is 5.41 Å². The zero-order chi connectivity index (χ0) is 20.4. The Hall–Kier alpha value is -2.19. The number of sulfonamides is 1. The van der Waals surface area contributed by atoms with Crippen molar-refractivity contribution in [1.29, 1.82) is 0 Å². The van der Waals surface area contributed by atoms with Crippen LogP contribution in [0.3, 0.4) is 0 Å². The summed E-state index contributed by atoms with van der Waals surface area (Å²) in [6.07, 6.45) is 1.57. The maximum atomic E-state index is 13.1. The molecule has 0 saturated carbocycles. The number of amides is 1. The van der Waals surface area contributed by atoms with Crippen molar-refractivity contribution in [2.75, 3.05) is 32.9 Å². The van der Waals surface area contributed by atoms with Crippen molar-refractivity contribution in [3.05, 3.63) is 42.2 Å². The number of hydrogen-bond donors (Lipinski definition) is 0. The Morgan fingerprint density at radius 3 is 2.64 bits per heavy atom. The second-order valence-corrected chi connectivity index (χ2v) is 9.80. The molecule has 1 amide bonds. The molecule has 1 aromatic carbocycles. The van der Waals surface area contributed by atoms with Gasteiger partial charge in [0.2, 0.25) is 15.9 Å². The van der Waals surface area contributed by atoms with Gasteiger partial charge in [-0.1, -0.05) is 35.5 Å². The molecule has 0 bridgehead atoms. The lowest BCUT2D eigenvalue weighted by Gasteiger charge is -2.41. The standard InChI is InChI=1S/C20H27N3O4S/c1-4-28(25,26)23-12-8-11-20(15-23,19(24)22(2)3)14-17-13-18(21-27-17)16-9-6-5-7-10-16/h5-7,9-10,13H,4,8,11-12,14-15H2,1-3H3. The molecule has 1 aromatic heterocycles. The van der Waals surface area contributed by atoms with Crippen molar-refractivity contribution in [3.8, 4) is 11.3 Å². The molecule has 0 aliphatic carbocycles. The largest absolute Gasteiger partial charge is 0.361 e. The zero-order valence-electron chi connectivity index (χ0n) is 16.6. The SMILES string of the molecule is CCS(=O)(=O)N1CCCC(Cc2cc(-c3ccccc3)no2)(C(=O)N(C)C)C1. The molecule has 2 heterocycles. The van der Waals surface area contributed by atoms with Crippen LogP contribution in [-0.2, 0) is 21.2 Å². The summed E-state index contributed by atoms with van der Waals surface area (Å²) in [5.41, 5.74) is 0.790. The van der Waals surface area contributed by atoms with Crippen LogP contribution in [0.25, 0.3) is 11.3 Å². The smallest absolute Gasteiger partial charge is 0.230 e. The van der Waals surface area contributed by atoms with Crippen molar-refractivity contribution >= 4 is 15.9 Å². The van der Waals surface area contributed by atoms with E-state index in [1.807, 2.05) is 36.4 Å². The van der Waals surface area contributed by atoms with Crippen molar-refractivity contribution in [2.24, 2.45) is 5.41 Å². The van der Waals surface area contributed by atoms with Gasteiger partial charge in [0.05, 0.1) is 11.2 Å². The first-order valence-electron chi connectivity index (χ1n) is 9.48. The molecule has 8 heteroatoms. The molecule has 1 fully saturated rings. The minimum Gasteiger partial charge on any atom is -0.361 e. The van der Waals surface area contributed by atoms with Crippen molar-refractivity contribution in [2.45, 2.75) is 26.2 Å². The van der Waals surface area contributed by atoms with Gasteiger partial charge in [-0.25, -0.2) is 12.7 Å². The first-order valence-corrected chi connectivity index (χ1v) is 11.1. The molecule has 0 N–H and O–H groups in total. The van der Waals surface area contributed by atoms with Gasteiger partial charge in [0.15, 0.2) is 0 Å². The molecule has 3 rings (SSSR count). The fourth-order valence-corrected chi connectivity index (χ4v) is 5.07. The van der Waals surface area contributed by atoms with E-state index in [0.29, 0.717) is 37.3 Å². The molecule has 0 radical (unpaired) electrons. The number of piperidine rings is 1. The van der Waals surface area contributed by atoms with E-state index in [9.17, 15) is 13.2 Å². The number of benzene rings is 1. The van der Waals surface area contributed by atoms with Crippen LogP contribution in [-0.4, -0.2) is 61.6 Å². The molecule has 152 valence electrons. The molecule has 1 aliphatic rings. The molecule has 28 heavy (non-hydrogen) atoms. The van der Waals surface area contributed by atoms with Gasteiger partial charge in [-0.15, -0.1) is 0 Å². The molecular weight excluding hydrogens is 378 g/mol. The van der Waals surface area contributed by atoms with Gasteiger partial charge in [0, 0.05) is 45.2 Å². The predicted molar refractivity (Wildman–Crippen MR) is 107 cm³/mol. The number of carbonyl (C=O) groups excluding carboxylic acids is 1. The highest BCUT2D eigenvalue weighted by Crippen LogP contribution is 2.37. The molecule has 1 saturated heterocycles. The fourth-order valence-electron chi connectivity index (χ4n) is 3.85. The van der Waals surface area contributed by atoms with E-state index < -0.39 is 15.4 Å². The van der Waals surface area contributed by atoms with Crippen LogP contribution in [0.2, 0.25) is 0 Å². The summed E-state index contributed by atoms with van der Waals surface area (Å²) < 4.78 is 31.9. The zero-order valence-corrected chi connectivity index (χ0v) is 17.4. The Kier molecular flexibility index (Phi) is 5.90.